The summed E-state index contributed by atoms with van der Waals surface area (Å²) in [6, 6.07) is 47.7. The third-order valence-electron chi connectivity index (χ3n) is 7.90. The maximum absolute atomic E-state index is 4.69. The SMILES string of the molecule is c1ccc(-c2cc(-c3cc(-c4ccccn4)cc(-c4ccccn4)c3)c3ccc4cccc5ccc2c3c54)cc1. The van der Waals surface area contributed by atoms with Crippen molar-refractivity contribution in [2.75, 3.05) is 0 Å². The standard InChI is InChI=1S/C38H24N2/c1-2-9-25(10-3-1)33-24-34(32-18-16-27-12-8-11-26-15-17-31(33)38(32)37(26)27)28-21-29(35-13-4-6-19-39-35)23-30(22-28)36-14-5-7-20-40-36/h1-24H. The lowest BCUT2D eigenvalue weighted by Crippen LogP contribution is -1.93. The van der Waals surface area contributed by atoms with Crippen LogP contribution in [-0.4, -0.2) is 9.97 Å². The zero-order chi connectivity index (χ0) is 26.5. The van der Waals surface area contributed by atoms with Crippen LogP contribution in [0, 0.1) is 0 Å². The van der Waals surface area contributed by atoms with E-state index in [-0.39, 0.29) is 0 Å². The van der Waals surface area contributed by atoms with Crippen LogP contribution in [-0.2, 0) is 0 Å². The summed E-state index contributed by atoms with van der Waals surface area (Å²) in [7, 11) is 0. The van der Waals surface area contributed by atoms with Crippen LogP contribution < -0.4 is 0 Å². The van der Waals surface area contributed by atoms with Crippen LogP contribution in [0.4, 0.5) is 0 Å². The van der Waals surface area contributed by atoms with Crippen molar-refractivity contribution in [3.8, 4) is 44.8 Å². The minimum atomic E-state index is 0.947. The molecule has 2 aromatic heterocycles. The number of pyridine rings is 2. The Morgan fingerprint density at radius 2 is 0.900 bits per heavy atom. The van der Waals surface area contributed by atoms with E-state index >= 15 is 0 Å². The smallest absolute Gasteiger partial charge is 0.0702 e. The Balaban J connectivity index is 1.50. The van der Waals surface area contributed by atoms with Crippen LogP contribution in [0.25, 0.3) is 77.1 Å². The van der Waals surface area contributed by atoms with Crippen molar-refractivity contribution in [3.05, 3.63) is 146 Å². The van der Waals surface area contributed by atoms with Gasteiger partial charge in [-0.15, -0.1) is 0 Å². The monoisotopic (exact) mass is 508 g/mol. The molecule has 8 rings (SSSR count). The van der Waals surface area contributed by atoms with Crippen molar-refractivity contribution in [1.82, 2.24) is 9.97 Å². The third kappa shape index (κ3) is 3.65. The Morgan fingerprint density at radius 1 is 0.350 bits per heavy atom. The first kappa shape index (κ1) is 22.6. The Morgan fingerprint density at radius 3 is 1.48 bits per heavy atom. The molecule has 0 fully saturated rings. The number of nitrogens with zero attached hydrogens (tertiary/aromatic N) is 2. The van der Waals surface area contributed by atoms with Gasteiger partial charge in [0.25, 0.3) is 0 Å². The van der Waals surface area contributed by atoms with E-state index in [2.05, 4.69) is 109 Å². The van der Waals surface area contributed by atoms with Crippen LogP contribution in [0.2, 0.25) is 0 Å². The summed E-state index contributed by atoms with van der Waals surface area (Å²) in [6.45, 7) is 0. The first-order valence-electron chi connectivity index (χ1n) is 13.6. The Labute approximate surface area is 232 Å². The van der Waals surface area contributed by atoms with E-state index < -0.39 is 0 Å². The van der Waals surface area contributed by atoms with E-state index in [0.29, 0.717) is 0 Å². The minimum absolute atomic E-state index is 0.947. The van der Waals surface area contributed by atoms with Crippen molar-refractivity contribution >= 4 is 32.3 Å². The molecule has 8 aromatic rings. The first-order valence-corrected chi connectivity index (χ1v) is 13.6. The summed E-state index contributed by atoms with van der Waals surface area (Å²) in [4.78, 5) is 9.38. The molecular weight excluding hydrogens is 484 g/mol. The number of hydrogen-bond acceptors (Lipinski definition) is 2. The second-order valence-corrected chi connectivity index (χ2v) is 10.2. The van der Waals surface area contributed by atoms with Crippen molar-refractivity contribution in [1.29, 1.82) is 0 Å². The molecule has 0 atom stereocenters. The normalized spacial score (nSPS) is 11.5. The average molecular weight is 509 g/mol. The molecule has 2 heterocycles. The van der Waals surface area contributed by atoms with Crippen LogP contribution in [0.1, 0.15) is 0 Å². The lowest BCUT2D eigenvalue weighted by molar-refractivity contribution is 1.31. The van der Waals surface area contributed by atoms with Gasteiger partial charge in [0.1, 0.15) is 0 Å². The molecule has 0 saturated carbocycles. The molecule has 0 saturated heterocycles. The van der Waals surface area contributed by atoms with Crippen LogP contribution in [0.15, 0.2) is 146 Å². The summed E-state index contributed by atoms with van der Waals surface area (Å²) in [5, 5.41) is 7.70. The molecule has 0 unspecified atom stereocenters. The number of hydrogen-bond donors (Lipinski definition) is 0. The van der Waals surface area contributed by atoms with E-state index in [1.165, 1.54) is 49.0 Å². The van der Waals surface area contributed by atoms with E-state index in [9.17, 15) is 0 Å². The van der Waals surface area contributed by atoms with Gasteiger partial charge >= 0.3 is 0 Å². The fourth-order valence-electron chi connectivity index (χ4n) is 6.07. The quantitative estimate of drug-likeness (QED) is 0.221. The zero-order valence-electron chi connectivity index (χ0n) is 21.8. The molecule has 0 amide bonds. The molecule has 6 aromatic carbocycles. The molecule has 2 nitrogen and oxygen atoms in total. The van der Waals surface area contributed by atoms with Crippen molar-refractivity contribution in [2.45, 2.75) is 0 Å². The number of benzene rings is 6. The predicted molar refractivity (Wildman–Crippen MR) is 167 cm³/mol. The molecule has 0 aliphatic heterocycles. The van der Waals surface area contributed by atoms with Gasteiger partial charge < -0.3 is 0 Å². The Bertz CT molecular complexity index is 2060. The predicted octanol–water partition coefficient (Wildman–Crippen LogP) is 10.0. The van der Waals surface area contributed by atoms with Crippen LogP contribution in [0.5, 0.6) is 0 Å². The lowest BCUT2D eigenvalue weighted by Gasteiger charge is -2.19. The molecule has 0 aliphatic rings. The molecule has 0 N–H and O–H groups in total. The zero-order valence-corrected chi connectivity index (χ0v) is 21.8. The molecule has 0 spiro atoms. The highest BCUT2D eigenvalue weighted by Gasteiger charge is 2.18. The maximum Gasteiger partial charge on any atom is 0.0702 e. The summed E-state index contributed by atoms with van der Waals surface area (Å²) in [5.74, 6) is 0. The molecule has 40 heavy (non-hydrogen) atoms. The molecule has 2 heteroatoms. The van der Waals surface area contributed by atoms with Crippen molar-refractivity contribution in [3.63, 3.8) is 0 Å². The third-order valence-corrected chi connectivity index (χ3v) is 7.90. The molecule has 0 aliphatic carbocycles. The van der Waals surface area contributed by atoms with Gasteiger partial charge in [-0.3, -0.25) is 9.97 Å². The van der Waals surface area contributed by atoms with Gasteiger partial charge in [0.15, 0.2) is 0 Å². The summed E-state index contributed by atoms with van der Waals surface area (Å²) < 4.78 is 0. The summed E-state index contributed by atoms with van der Waals surface area (Å²) in [5.41, 5.74) is 8.86. The highest BCUT2D eigenvalue weighted by molar-refractivity contribution is 6.28. The van der Waals surface area contributed by atoms with E-state index in [1.807, 2.05) is 36.7 Å². The minimum Gasteiger partial charge on any atom is -0.256 e. The van der Waals surface area contributed by atoms with Crippen molar-refractivity contribution in [2.24, 2.45) is 0 Å². The molecule has 0 radical (unpaired) electrons. The highest BCUT2D eigenvalue weighted by Crippen LogP contribution is 2.45. The van der Waals surface area contributed by atoms with Crippen molar-refractivity contribution < 1.29 is 0 Å². The van der Waals surface area contributed by atoms with Crippen LogP contribution >= 0.6 is 0 Å². The molecular formula is C38H24N2. The van der Waals surface area contributed by atoms with Gasteiger partial charge in [0.05, 0.1) is 11.4 Å². The van der Waals surface area contributed by atoms with Gasteiger partial charge in [-0.05, 0) is 103 Å². The maximum atomic E-state index is 4.69. The second kappa shape index (κ2) is 9.14. The topological polar surface area (TPSA) is 25.8 Å². The van der Waals surface area contributed by atoms with Gasteiger partial charge in [0.2, 0.25) is 0 Å². The van der Waals surface area contributed by atoms with E-state index in [4.69, 9.17) is 9.97 Å². The van der Waals surface area contributed by atoms with Gasteiger partial charge in [0, 0.05) is 23.5 Å². The average Bonchev–Trinajstić information content (AvgIpc) is 3.04. The fourth-order valence-corrected chi connectivity index (χ4v) is 6.07. The Kier molecular flexibility index (Phi) is 5.17. The summed E-state index contributed by atoms with van der Waals surface area (Å²) in [6.07, 6.45) is 3.71. The fraction of sp³-hybridized carbons (Fsp3) is 0. The van der Waals surface area contributed by atoms with E-state index in [0.717, 1.165) is 28.1 Å². The van der Waals surface area contributed by atoms with E-state index in [1.54, 1.807) is 0 Å². The molecule has 0 bridgehead atoms. The summed E-state index contributed by atoms with van der Waals surface area (Å²) >= 11 is 0. The van der Waals surface area contributed by atoms with Crippen LogP contribution in [0.3, 0.4) is 0 Å². The molecule has 186 valence electrons. The highest BCUT2D eigenvalue weighted by atomic mass is 14.7. The van der Waals surface area contributed by atoms with Gasteiger partial charge in [-0.1, -0.05) is 84.9 Å². The number of rotatable bonds is 4. The van der Waals surface area contributed by atoms with Gasteiger partial charge in [-0.2, -0.15) is 0 Å². The first-order chi connectivity index (χ1) is 19.8. The number of aromatic nitrogens is 2. The lowest BCUT2D eigenvalue weighted by atomic mass is 9.85. The Hall–Kier alpha value is -5.34. The van der Waals surface area contributed by atoms with Gasteiger partial charge in [-0.25, -0.2) is 0 Å². The second-order valence-electron chi connectivity index (χ2n) is 10.2. The largest absolute Gasteiger partial charge is 0.256 e.